The molecule has 1 aliphatic rings. The summed E-state index contributed by atoms with van der Waals surface area (Å²) in [6, 6.07) is 9.17. The fraction of sp³-hybridized carbons (Fsp3) is 0.292. The minimum atomic E-state index is -1.10. The van der Waals surface area contributed by atoms with E-state index in [2.05, 4.69) is 25.6 Å². The van der Waals surface area contributed by atoms with E-state index in [1.165, 1.54) is 25.3 Å². The minimum absolute atomic E-state index is 0.0527. The highest BCUT2D eigenvalue weighted by molar-refractivity contribution is 6.11. The van der Waals surface area contributed by atoms with Crippen LogP contribution in [0.2, 0.25) is 0 Å². The van der Waals surface area contributed by atoms with Crippen molar-refractivity contribution in [3.05, 3.63) is 59.7 Å². The number of benzene rings is 2. The molecule has 0 unspecified atom stereocenters. The van der Waals surface area contributed by atoms with Crippen LogP contribution in [0, 0.1) is 11.6 Å². The summed E-state index contributed by atoms with van der Waals surface area (Å²) in [4.78, 5) is 39.5. The Kier molecular flexibility index (Phi) is 7.84. The molecule has 0 radical (unpaired) electrons. The number of carbonyl (C=O) groups is 2. The Morgan fingerprint density at radius 2 is 1.68 bits per heavy atom. The van der Waals surface area contributed by atoms with E-state index >= 15 is 0 Å². The zero-order chi connectivity index (χ0) is 26.5. The maximum Gasteiger partial charge on any atom is 0.322 e. The molecule has 13 heteroatoms. The van der Waals surface area contributed by atoms with Gasteiger partial charge in [0.15, 0.2) is 17.4 Å². The highest BCUT2D eigenvalue weighted by atomic mass is 19.2. The van der Waals surface area contributed by atoms with E-state index in [9.17, 15) is 18.4 Å². The smallest absolute Gasteiger partial charge is 0.322 e. The summed E-state index contributed by atoms with van der Waals surface area (Å²) in [6.07, 6.45) is 0.237. The highest BCUT2D eigenvalue weighted by Gasteiger charge is 2.25. The number of aromatic nitrogens is 3. The molecular weight excluding hydrogens is 486 g/mol. The maximum absolute atomic E-state index is 13.3. The minimum Gasteiger partial charge on any atom is -0.467 e. The van der Waals surface area contributed by atoms with E-state index in [0.717, 1.165) is 12.1 Å². The van der Waals surface area contributed by atoms with Crippen molar-refractivity contribution in [2.24, 2.45) is 11.5 Å². The summed E-state index contributed by atoms with van der Waals surface area (Å²) in [5.74, 6) is -2.64. The number of Topliss-reactive ketones (excluding diaryl/α,β-unsaturated/α-hetero) is 1. The maximum atomic E-state index is 13.3. The first-order valence-corrected chi connectivity index (χ1v) is 11.4. The summed E-state index contributed by atoms with van der Waals surface area (Å²) in [5.41, 5.74) is 13.1. The summed E-state index contributed by atoms with van der Waals surface area (Å²) >= 11 is 0. The van der Waals surface area contributed by atoms with Gasteiger partial charge in [-0.2, -0.15) is 15.0 Å². The van der Waals surface area contributed by atoms with E-state index < -0.39 is 29.7 Å². The van der Waals surface area contributed by atoms with Crippen molar-refractivity contribution in [2.75, 3.05) is 35.7 Å². The molecule has 194 valence electrons. The molecular formula is C24H26F2N8O3. The average molecular weight is 513 g/mol. The lowest BCUT2D eigenvalue weighted by molar-refractivity contribution is -0.115. The number of ether oxygens (including phenoxy) is 1. The first kappa shape index (κ1) is 25.9. The first-order chi connectivity index (χ1) is 17.7. The summed E-state index contributed by atoms with van der Waals surface area (Å²) < 4.78 is 31.6. The number of hydrogen-bond acceptors (Lipinski definition) is 10. The molecule has 1 amide bonds. The third-order valence-electron chi connectivity index (χ3n) is 5.57. The predicted molar refractivity (Wildman–Crippen MR) is 133 cm³/mol. The zero-order valence-electron chi connectivity index (χ0n) is 19.9. The van der Waals surface area contributed by atoms with Gasteiger partial charge in [-0.15, -0.1) is 0 Å². The number of amides is 1. The number of nitrogens with one attached hydrogen (secondary N) is 2. The quantitative estimate of drug-likeness (QED) is 0.259. The molecule has 0 bridgehead atoms. The number of anilines is 4. The molecule has 2 aromatic carbocycles. The molecule has 37 heavy (non-hydrogen) atoms. The Morgan fingerprint density at radius 1 is 1.00 bits per heavy atom. The van der Waals surface area contributed by atoms with Crippen LogP contribution in [0.15, 0.2) is 42.5 Å². The van der Waals surface area contributed by atoms with E-state index in [4.69, 9.17) is 16.2 Å². The van der Waals surface area contributed by atoms with Crippen LogP contribution >= 0.6 is 0 Å². The summed E-state index contributed by atoms with van der Waals surface area (Å²) in [7, 11) is 1.44. The van der Waals surface area contributed by atoms with Gasteiger partial charge < -0.3 is 31.7 Å². The van der Waals surface area contributed by atoms with Crippen molar-refractivity contribution in [2.45, 2.75) is 24.9 Å². The molecule has 1 aliphatic heterocycles. The molecule has 11 nitrogen and oxygen atoms in total. The lowest BCUT2D eigenvalue weighted by atomic mass is 10.0. The van der Waals surface area contributed by atoms with Crippen molar-refractivity contribution in [1.82, 2.24) is 15.0 Å². The van der Waals surface area contributed by atoms with Gasteiger partial charge in [-0.3, -0.25) is 9.59 Å². The van der Waals surface area contributed by atoms with Crippen molar-refractivity contribution in [3.8, 4) is 6.01 Å². The molecule has 6 N–H and O–H groups in total. The number of rotatable bonds is 8. The van der Waals surface area contributed by atoms with Gasteiger partial charge in [-0.05, 0) is 42.8 Å². The third kappa shape index (κ3) is 6.71. The molecule has 1 aromatic heterocycles. The molecule has 0 aliphatic carbocycles. The van der Waals surface area contributed by atoms with Gasteiger partial charge in [0.1, 0.15) is 0 Å². The van der Waals surface area contributed by atoms with E-state index in [0.29, 0.717) is 31.1 Å². The standard InChI is InChI=1S/C24H26F2N8O3/c1-37-24-32-22(31-23(33-24)34-11-14(27)8-15(28)12-34)30-16-4-2-13(3-5-16)20(35)10-21(36)29-17-6-7-18(25)19(26)9-17/h2-7,9,14-15H,8,10-12,27-28H2,1H3,(H,29,36)(H,30,31,32,33)/t14-,15+. The number of piperidine rings is 1. The fourth-order valence-corrected chi connectivity index (χ4v) is 3.87. The highest BCUT2D eigenvalue weighted by Crippen LogP contribution is 2.22. The molecule has 0 spiro atoms. The fourth-order valence-electron chi connectivity index (χ4n) is 3.87. The lowest BCUT2D eigenvalue weighted by Crippen LogP contribution is -2.52. The van der Waals surface area contributed by atoms with Crippen LogP contribution in [0.3, 0.4) is 0 Å². The van der Waals surface area contributed by atoms with Crippen LogP contribution in [0.5, 0.6) is 6.01 Å². The number of methoxy groups -OCH3 is 1. The lowest BCUT2D eigenvalue weighted by Gasteiger charge is -2.34. The molecule has 2 atom stereocenters. The van der Waals surface area contributed by atoms with Crippen LogP contribution in [0.25, 0.3) is 0 Å². The van der Waals surface area contributed by atoms with Crippen LogP contribution in [0.1, 0.15) is 23.2 Å². The number of nitrogens with zero attached hydrogens (tertiary/aromatic N) is 4. The molecule has 4 rings (SSSR count). The summed E-state index contributed by atoms with van der Waals surface area (Å²) in [5, 5.41) is 5.41. The Morgan fingerprint density at radius 3 is 2.32 bits per heavy atom. The Balaban J connectivity index is 1.40. The van der Waals surface area contributed by atoms with E-state index in [1.54, 1.807) is 12.1 Å². The predicted octanol–water partition coefficient (Wildman–Crippen LogP) is 1.98. The van der Waals surface area contributed by atoms with Crippen molar-refractivity contribution < 1.29 is 23.1 Å². The van der Waals surface area contributed by atoms with Gasteiger partial charge >= 0.3 is 6.01 Å². The van der Waals surface area contributed by atoms with Gasteiger partial charge in [0.25, 0.3) is 0 Å². The monoisotopic (exact) mass is 512 g/mol. The molecule has 3 aromatic rings. The average Bonchev–Trinajstić information content (AvgIpc) is 2.86. The Bertz CT molecular complexity index is 1280. The van der Waals surface area contributed by atoms with Crippen LogP contribution in [0.4, 0.5) is 32.1 Å². The largest absolute Gasteiger partial charge is 0.467 e. The molecule has 2 heterocycles. The number of nitrogens with two attached hydrogens (primary N) is 2. The number of ketones is 1. The van der Waals surface area contributed by atoms with E-state index in [-0.39, 0.29) is 35.3 Å². The van der Waals surface area contributed by atoms with Gasteiger partial charge in [0.05, 0.1) is 13.5 Å². The van der Waals surface area contributed by atoms with Gasteiger partial charge in [-0.1, -0.05) is 0 Å². The second kappa shape index (κ2) is 11.2. The number of halogens is 2. The SMILES string of the molecule is COc1nc(Nc2ccc(C(=O)CC(=O)Nc3ccc(F)c(F)c3)cc2)nc(N2C[C@H](N)C[C@H](N)C2)n1. The van der Waals surface area contributed by atoms with Crippen LogP contribution in [-0.4, -0.2) is 58.9 Å². The van der Waals surface area contributed by atoms with Gasteiger partial charge in [0.2, 0.25) is 17.8 Å². The number of hydrogen-bond donors (Lipinski definition) is 4. The summed E-state index contributed by atoms with van der Waals surface area (Å²) in [6.45, 7) is 1.08. The van der Waals surface area contributed by atoms with E-state index in [1.807, 2.05) is 4.90 Å². The molecule has 1 saturated heterocycles. The van der Waals surface area contributed by atoms with Crippen molar-refractivity contribution in [1.29, 1.82) is 0 Å². The van der Waals surface area contributed by atoms with Crippen molar-refractivity contribution >= 4 is 35.0 Å². The topological polar surface area (TPSA) is 161 Å². The van der Waals surface area contributed by atoms with Crippen molar-refractivity contribution in [3.63, 3.8) is 0 Å². The Hall–Kier alpha value is -4.23. The molecule has 0 saturated carbocycles. The Labute approximate surface area is 211 Å². The van der Waals surface area contributed by atoms with Crippen LogP contribution in [-0.2, 0) is 4.79 Å². The number of carbonyl (C=O) groups excluding carboxylic acids is 2. The zero-order valence-corrected chi connectivity index (χ0v) is 19.9. The first-order valence-electron chi connectivity index (χ1n) is 11.4. The molecule has 1 fully saturated rings. The van der Waals surface area contributed by atoms with Gasteiger partial charge in [-0.25, -0.2) is 8.78 Å². The van der Waals surface area contributed by atoms with Gasteiger partial charge in [0, 0.05) is 48.2 Å². The second-order valence-corrected chi connectivity index (χ2v) is 8.59. The third-order valence-corrected chi connectivity index (χ3v) is 5.57. The normalized spacial score (nSPS) is 17.3. The second-order valence-electron chi connectivity index (χ2n) is 8.59. The van der Waals surface area contributed by atoms with Crippen LogP contribution < -0.4 is 31.7 Å².